The number of amides is 1. The smallest absolute Gasteiger partial charge is 0.230 e. The molecule has 0 saturated heterocycles. The van der Waals surface area contributed by atoms with Crippen LogP contribution in [0.2, 0.25) is 0 Å². The predicted molar refractivity (Wildman–Crippen MR) is 78.7 cm³/mol. The van der Waals surface area contributed by atoms with E-state index in [4.69, 9.17) is 0 Å². The van der Waals surface area contributed by atoms with Crippen molar-refractivity contribution in [2.24, 2.45) is 0 Å². The van der Waals surface area contributed by atoms with Gasteiger partial charge in [0, 0.05) is 26.2 Å². The monoisotopic (exact) mass is 285 g/mol. The summed E-state index contributed by atoms with van der Waals surface area (Å²) in [5, 5.41) is 12.0. The maximum absolute atomic E-state index is 11.6. The Labute approximate surface area is 119 Å². The Balaban J connectivity index is 2.76. The molecule has 108 valence electrons. The van der Waals surface area contributed by atoms with Crippen molar-refractivity contribution >= 4 is 23.6 Å². The number of hydrogen-bond acceptors (Lipinski definition) is 5. The molecule has 6 nitrogen and oxygen atoms in total. The van der Waals surface area contributed by atoms with E-state index in [0.29, 0.717) is 5.75 Å². The fourth-order valence-corrected chi connectivity index (χ4v) is 2.49. The molecule has 1 aromatic rings. The Morgan fingerprint density at radius 1 is 1.32 bits per heavy atom. The predicted octanol–water partition coefficient (Wildman–Crippen LogP) is 1.54. The van der Waals surface area contributed by atoms with Gasteiger partial charge in [-0.3, -0.25) is 9.36 Å². The molecule has 1 heterocycles. The molecule has 0 bridgehead atoms. The molecular formula is C12H23N5OS. The van der Waals surface area contributed by atoms with Crippen LogP contribution in [-0.4, -0.2) is 46.6 Å². The lowest BCUT2D eigenvalue weighted by atomic mass is 10.4. The van der Waals surface area contributed by atoms with Crippen LogP contribution in [0.5, 0.6) is 0 Å². The highest BCUT2D eigenvalue weighted by atomic mass is 32.2. The third-order valence-electron chi connectivity index (χ3n) is 2.34. The first-order valence-electron chi connectivity index (χ1n) is 6.37. The van der Waals surface area contributed by atoms with Crippen molar-refractivity contribution in [2.75, 3.05) is 24.7 Å². The zero-order valence-electron chi connectivity index (χ0n) is 12.5. The molecule has 0 aliphatic carbocycles. The molecule has 1 aromatic heterocycles. The Morgan fingerprint density at radius 2 is 1.95 bits per heavy atom. The molecule has 0 unspecified atom stereocenters. The molecule has 19 heavy (non-hydrogen) atoms. The van der Waals surface area contributed by atoms with Crippen LogP contribution < -0.4 is 10.2 Å². The van der Waals surface area contributed by atoms with E-state index >= 15 is 0 Å². The van der Waals surface area contributed by atoms with Crippen molar-refractivity contribution in [1.29, 1.82) is 0 Å². The van der Waals surface area contributed by atoms with Crippen LogP contribution in [0, 0.1) is 0 Å². The van der Waals surface area contributed by atoms with Gasteiger partial charge in [-0.05, 0) is 27.7 Å². The summed E-state index contributed by atoms with van der Waals surface area (Å²) in [6.07, 6.45) is 0. The van der Waals surface area contributed by atoms with Crippen LogP contribution in [0.25, 0.3) is 0 Å². The molecule has 0 aliphatic heterocycles. The number of carbonyl (C=O) groups excluding carboxylic acids is 1. The normalized spacial score (nSPS) is 11.2. The van der Waals surface area contributed by atoms with Crippen LogP contribution in [0.4, 0.5) is 5.95 Å². The first kappa shape index (κ1) is 15.8. The second-order valence-electron chi connectivity index (χ2n) is 5.15. The van der Waals surface area contributed by atoms with Gasteiger partial charge in [0.2, 0.25) is 11.9 Å². The molecule has 1 amide bonds. The molecule has 0 fully saturated rings. The Kier molecular flexibility index (Phi) is 5.65. The summed E-state index contributed by atoms with van der Waals surface area (Å²) in [5.41, 5.74) is 0. The number of thioether (sulfide) groups is 1. The minimum absolute atomic E-state index is 0.0182. The van der Waals surface area contributed by atoms with E-state index in [0.717, 1.165) is 11.1 Å². The number of rotatable bonds is 6. The number of carbonyl (C=O) groups is 1. The molecule has 7 heteroatoms. The minimum Gasteiger partial charge on any atom is -0.353 e. The standard InChI is InChI=1S/C12H23N5OS/c1-8(2)13-10(18)7-19-12-15-14-11(16(5)6)17(12)9(3)4/h8-9H,7H2,1-6H3,(H,13,18). The van der Waals surface area contributed by atoms with Crippen LogP contribution in [0.3, 0.4) is 0 Å². The maximum atomic E-state index is 11.6. The average molecular weight is 285 g/mol. The van der Waals surface area contributed by atoms with E-state index in [1.807, 2.05) is 37.4 Å². The lowest BCUT2D eigenvalue weighted by Gasteiger charge is -2.17. The van der Waals surface area contributed by atoms with Crippen LogP contribution in [-0.2, 0) is 4.79 Å². The summed E-state index contributed by atoms with van der Waals surface area (Å²) in [7, 11) is 3.87. The van der Waals surface area contributed by atoms with Gasteiger partial charge >= 0.3 is 0 Å². The molecule has 1 N–H and O–H groups in total. The third kappa shape index (κ3) is 4.41. The van der Waals surface area contributed by atoms with E-state index in [1.165, 1.54) is 11.8 Å². The van der Waals surface area contributed by atoms with Gasteiger partial charge in [0.05, 0.1) is 5.75 Å². The number of anilines is 1. The van der Waals surface area contributed by atoms with Crippen molar-refractivity contribution in [2.45, 2.75) is 44.9 Å². The molecule has 0 atom stereocenters. The largest absolute Gasteiger partial charge is 0.353 e. The van der Waals surface area contributed by atoms with E-state index in [-0.39, 0.29) is 18.0 Å². The Hall–Kier alpha value is -1.24. The highest BCUT2D eigenvalue weighted by molar-refractivity contribution is 7.99. The van der Waals surface area contributed by atoms with Crippen molar-refractivity contribution < 1.29 is 4.79 Å². The molecular weight excluding hydrogens is 262 g/mol. The van der Waals surface area contributed by atoms with Crippen LogP contribution in [0.15, 0.2) is 5.16 Å². The molecule has 0 aliphatic rings. The molecule has 0 spiro atoms. The highest BCUT2D eigenvalue weighted by Crippen LogP contribution is 2.25. The highest BCUT2D eigenvalue weighted by Gasteiger charge is 2.17. The Bertz CT molecular complexity index is 428. The fourth-order valence-electron chi connectivity index (χ4n) is 1.62. The molecule has 0 saturated carbocycles. The number of nitrogens with one attached hydrogen (secondary N) is 1. The number of hydrogen-bond donors (Lipinski definition) is 1. The molecule has 0 radical (unpaired) electrons. The first-order valence-corrected chi connectivity index (χ1v) is 7.35. The van der Waals surface area contributed by atoms with Crippen molar-refractivity contribution in [3.8, 4) is 0 Å². The minimum atomic E-state index is 0.0182. The SMILES string of the molecule is CC(C)NC(=O)CSc1nnc(N(C)C)n1C(C)C. The van der Waals surface area contributed by atoms with E-state index in [1.54, 1.807) is 0 Å². The van der Waals surface area contributed by atoms with Gasteiger partial charge in [0.25, 0.3) is 0 Å². The van der Waals surface area contributed by atoms with E-state index in [9.17, 15) is 4.79 Å². The summed E-state index contributed by atoms with van der Waals surface area (Å²) in [6.45, 7) is 8.05. The van der Waals surface area contributed by atoms with Gasteiger partial charge in [-0.15, -0.1) is 10.2 Å². The van der Waals surface area contributed by atoms with Gasteiger partial charge in [-0.2, -0.15) is 0 Å². The zero-order valence-corrected chi connectivity index (χ0v) is 13.3. The van der Waals surface area contributed by atoms with Gasteiger partial charge in [0.1, 0.15) is 0 Å². The summed E-state index contributed by atoms with van der Waals surface area (Å²) in [4.78, 5) is 13.6. The molecule has 0 aromatic carbocycles. The lowest BCUT2D eigenvalue weighted by molar-refractivity contribution is -0.119. The lowest BCUT2D eigenvalue weighted by Crippen LogP contribution is -2.31. The van der Waals surface area contributed by atoms with Gasteiger partial charge in [-0.25, -0.2) is 0 Å². The van der Waals surface area contributed by atoms with Crippen molar-refractivity contribution in [3.63, 3.8) is 0 Å². The fraction of sp³-hybridized carbons (Fsp3) is 0.750. The van der Waals surface area contributed by atoms with Crippen molar-refractivity contribution in [3.05, 3.63) is 0 Å². The van der Waals surface area contributed by atoms with Crippen molar-refractivity contribution in [1.82, 2.24) is 20.1 Å². The van der Waals surface area contributed by atoms with Gasteiger partial charge in [-0.1, -0.05) is 11.8 Å². The maximum Gasteiger partial charge on any atom is 0.230 e. The number of aromatic nitrogens is 3. The zero-order chi connectivity index (χ0) is 14.6. The first-order chi connectivity index (χ1) is 8.82. The second-order valence-corrected chi connectivity index (χ2v) is 6.09. The van der Waals surface area contributed by atoms with Gasteiger partial charge in [0.15, 0.2) is 5.16 Å². The second kappa shape index (κ2) is 6.79. The quantitative estimate of drug-likeness (QED) is 0.803. The summed E-state index contributed by atoms with van der Waals surface area (Å²) in [6, 6.07) is 0.413. The molecule has 1 rings (SSSR count). The van der Waals surface area contributed by atoms with E-state index < -0.39 is 0 Å². The number of nitrogens with zero attached hydrogens (tertiary/aromatic N) is 4. The van der Waals surface area contributed by atoms with Gasteiger partial charge < -0.3 is 10.2 Å². The third-order valence-corrected chi connectivity index (χ3v) is 3.29. The summed E-state index contributed by atoms with van der Waals surface area (Å²) in [5.74, 6) is 1.18. The summed E-state index contributed by atoms with van der Waals surface area (Å²) >= 11 is 1.41. The Morgan fingerprint density at radius 3 is 2.42 bits per heavy atom. The summed E-state index contributed by atoms with van der Waals surface area (Å²) < 4.78 is 2.04. The topological polar surface area (TPSA) is 63.1 Å². The average Bonchev–Trinajstić information content (AvgIpc) is 2.69. The van der Waals surface area contributed by atoms with Crippen LogP contribution in [0.1, 0.15) is 33.7 Å². The van der Waals surface area contributed by atoms with E-state index in [2.05, 4.69) is 29.4 Å². The van der Waals surface area contributed by atoms with Crippen LogP contribution >= 0.6 is 11.8 Å².